The van der Waals surface area contributed by atoms with Gasteiger partial charge in [-0.15, -0.1) is 0 Å². The maximum absolute atomic E-state index is 8.64. The molecule has 0 fully saturated rings. The fourth-order valence-electron chi connectivity index (χ4n) is 1.69. The molecule has 0 bridgehead atoms. The van der Waals surface area contributed by atoms with Gasteiger partial charge in [0.25, 0.3) is 0 Å². The Morgan fingerprint density at radius 3 is 2.77 bits per heavy atom. The maximum atomic E-state index is 8.64. The van der Waals surface area contributed by atoms with Crippen LogP contribution in [0.15, 0.2) is 36.5 Å². The van der Waals surface area contributed by atoms with Crippen LogP contribution in [0.3, 0.4) is 0 Å². The summed E-state index contributed by atoms with van der Waals surface area (Å²) in [5.41, 5.74) is 7.19. The van der Waals surface area contributed by atoms with Crippen LogP contribution in [-0.2, 0) is 4.74 Å². The second-order valence-corrected chi connectivity index (χ2v) is 4.37. The molecule has 22 heavy (non-hydrogen) atoms. The summed E-state index contributed by atoms with van der Waals surface area (Å²) in [5.74, 6) is 6.85. The number of hydrogen-bond donors (Lipinski definition) is 3. The minimum absolute atomic E-state index is 0.00819. The zero-order chi connectivity index (χ0) is 15.6. The van der Waals surface area contributed by atoms with Crippen molar-refractivity contribution >= 4 is 11.8 Å². The number of nitrogens with one attached hydrogen (secondary N) is 1. The Morgan fingerprint density at radius 2 is 2.00 bits per heavy atom. The molecule has 0 aliphatic rings. The Hall–Kier alpha value is -2.62. The topological polar surface area (TPSA) is 93.3 Å². The Bertz CT molecular complexity index is 650. The van der Waals surface area contributed by atoms with Crippen LogP contribution in [0.2, 0.25) is 0 Å². The van der Waals surface area contributed by atoms with Crippen molar-refractivity contribution in [2.45, 2.75) is 0 Å². The monoisotopic (exact) mass is 298 g/mol. The number of anilines is 2. The third-order valence-electron chi connectivity index (χ3n) is 2.70. The van der Waals surface area contributed by atoms with Gasteiger partial charge in [-0.1, -0.05) is 30.0 Å². The van der Waals surface area contributed by atoms with Gasteiger partial charge >= 0.3 is 0 Å². The molecule has 114 valence electrons. The number of rotatable bonds is 6. The highest BCUT2D eigenvalue weighted by Gasteiger charge is 2.03. The van der Waals surface area contributed by atoms with Crippen molar-refractivity contribution in [3.05, 3.63) is 47.7 Å². The van der Waals surface area contributed by atoms with Crippen molar-refractivity contribution in [3.63, 3.8) is 0 Å². The molecule has 0 unspecified atom stereocenters. The van der Waals surface area contributed by atoms with E-state index in [2.05, 4.69) is 27.1 Å². The van der Waals surface area contributed by atoms with Crippen LogP contribution in [0.4, 0.5) is 11.8 Å². The molecule has 0 aliphatic heterocycles. The van der Waals surface area contributed by atoms with Crippen LogP contribution in [-0.4, -0.2) is 41.4 Å². The summed E-state index contributed by atoms with van der Waals surface area (Å²) < 4.78 is 5.18. The van der Waals surface area contributed by atoms with Crippen molar-refractivity contribution in [3.8, 4) is 11.8 Å². The summed E-state index contributed by atoms with van der Waals surface area (Å²) >= 11 is 0. The maximum Gasteiger partial charge on any atom is 0.222 e. The van der Waals surface area contributed by atoms with Gasteiger partial charge in [-0.25, -0.2) is 4.98 Å². The standard InChI is InChI=1S/C16H18N4O2/c17-16-19-12-14(7-6-13-4-2-1-3-5-13)15(20-16)18-8-10-22-11-9-21/h1-5,12,21H,8-11H2,(H3,17,18,19,20). The van der Waals surface area contributed by atoms with Gasteiger partial charge in [0.1, 0.15) is 5.82 Å². The fourth-order valence-corrected chi connectivity index (χ4v) is 1.69. The number of nitrogen functional groups attached to an aromatic ring is 1. The van der Waals surface area contributed by atoms with Gasteiger partial charge in [0.05, 0.1) is 31.6 Å². The number of nitrogens with two attached hydrogens (primary N) is 1. The molecule has 6 nitrogen and oxygen atoms in total. The van der Waals surface area contributed by atoms with Crippen molar-refractivity contribution < 1.29 is 9.84 Å². The number of nitrogens with zero attached hydrogens (tertiary/aromatic N) is 2. The second-order valence-electron chi connectivity index (χ2n) is 4.37. The van der Waals surface area contributed by atoms with E-state index >= 15 is 0 Å². The number of ether oxygens (including phenoxy) is 1. The largest absolute Gasteiger partial charge is 0.394 e. The summed E-state index contributed by atoms with van der Waals surface area (Å²) in [5, 5.41) is 11.7. The molecule has 0 atom stereocenters. The van der Waals surface area contributed by atoms with Gasteiger partial charge in [-0.2, -0.15) is 4.98 Å². The van der Waals surface area contributed by atoms with E-state index in [-0.39, 0.29) is 12.6 Å². The van der Waals surface area contributed by atoms with E-state index in [9.17, 15) is 0 Å². The quantitative estimate of drug-likeness (QED) is 0.541. The van der Waals surface area contributed by atoms with Gasteiger partial charge in [0.15, 0.2) is 0 Å². The number of aliphatic hydroxyl groups is 1. The average Bonchev–Trinajstić information content (AvgIpc) is 2.55. The van der Waals surface area contributed by atoms with Crippen LogP contribution >= 0.6 is 0 Å². The molecular formula is C16H18N4O2. The zero-order valence-corrected chi connectivity index (χ0v) is 12.1. The molecule has 0 radical (unpaired) electrons. The fraction of sp³-hybridized carbons (Fsp3) is 0.250. The molecule has 2 aromatic rings. The van der Waals surface area contributed by atoms with E-state index in [4.69, 9.17) is 15.6 Å². The van der Waals surface area contributed by atoms with Gasteiger partial charge in [-0.05, 0) is 12.1 Å². The highest BCUT2D eigenvalue weighted by molar-refractivity contribution is 5.56. The Balaban J connectivity index is 2.06. The first-order chi connectivity index (χ1) is 10.8. The molecular weight excluding hydrogens is 280 g/mol. The number of aliphatic hydroxyl groups excluding tert-OH is 1. The third-order valence-corrected chi connectivity index (χ3v) is 2.70. The summed E-state index contributed by atoms with van der Waals surface area (Å²) in [6, 6.07) is 9.67. The minimum atomic E-state index is 0.00819. The van der Waals surface area contributed by atoms with E-state index in [0.717, 1.165) is 5.56 Å². The molecule has 4 N–H and O–H groups in total. The van der Waals surface area contributed by atoms with Crippen molar-refractivity contribution in [1.82, 2.24) is 9.97 Å². The van der Waals surface area contributed by atoms with Crippen molar-refractivity contribution in [2.24, 2.45) is 0 Å². The Labute approximate surface area is 129 Å². The number of benzene rings is 1. The van der Waals surface area contributed by atoms with E-state index in [0.29, 0.717) is 31.1 Å². The first kappa shape index (κ1) is 15.8. The van der Waals surface area contributed by atoms with Gasteiger partial charge in [0, 0.05) is 12.1 Å². The smallest absolute Gasteiger partial charge is 0.222 e. The predicted octanol–water partition coefficient (Wildman–Crippen LogP) is 0.879. The lowest BCUT2D eigenvalue weighted by Crippen LogP contribution is -2.13. The average molecular weight is 298 g/mol. The van der Waals surface area contributed by atoms with E-state index < -0.39 is 0 Å². The molecule has 2 rings (SSSR count). The van der Waals surface area contributed by atoms with E-state index in [1.165, 1.54) is 0 Å². The Morgan fingerprint density at radius 1 is 1.18 bits per heavy atom. The summed E-state index contributed by atoms with van der Waals surface area (Å²) in [4.78, 5) is 8.12. The van der Waals surface area contributed by atoms with Crippen LogP contribution in [0.1, 0.15) is 11.1 Å². The van der Waals surface area contributed by atoms with Crippen molar-refractivity contribution in [1.29, 1.82) is 0 Å². The Kier molecular flexibility index (Phi) is 6.18. The lowest BCUT2D eigenvalue weighted by atomic mass is 10.2. The molecule has 0 amide bonds. The van der Waals surface area contributed by atoms with Crippen LogP contribution in [0.5, 0.6) is 0 Å². The predicted molar refractivity (Wildman–Crippen MR) is 85.3 cm³/mol. The molecule has 1 aromatic carbocycles. The molecule has 0 aliphatic carbocycles. The summed E-state index contributed by atoms with van der Waals surface area (Å²) in [7, 11) is 0. The number of aromatic nitrogens is 2. The molecule has 0 spiro atoms. The van der Waals surface area contributed by atoms with Gasteiger partial charge < -0.3 is 20.9 Å². The SMILES string of the molecule is Nc1ncc(C#Cc2ccccc2)c(NCCOCCO)n1. The van der Waals surface area contributed by atoms with E-state index in [1.54, 1.807) is 6.20 Å². The second kappa shape index (κ2) is 8.62. The minimum Gasteiger partial charge on any atom is -0.394 e. The van der Waals surface area contributed by atoms with E-state index in [1.807, 2.05) is 30.3 Å². The molecule has 1 aromatic heterocycles. The molecule has 0 saturated heterocycles. The third kappa shape index (κ3) is 5.05. The van der Waals surface area contributed by atoms with Crippen LogP contribution in [0, 0.1) is 11.8 Å². The normalized spacial score (nSPS) is 9.86. The molecule has 6 heteroatoms. The lowest BCUT2D eigenvalue weighted by Gasteiger charge is -2.08. The van der Waals surface area contributed by atoms with Crippen molar-refractivity contribution in [2.75, 3.05) is 37.4 Å². The summed E-state index contributed by atoms with van der Waals surface area (Å²) in [6.45, 7) is 1.31. The number of hydrogen-bond acceptors (Lipinski definition) is 6. The summed E-state index contributed by atoms with van der Waals surface area (Å²) in [6.07, 6.45) is 1.59. The highest BCUT2D eigenvalue weighted by Crippen LogP contribution is 2.11. The van der Waals surface area contributed by atoms with Crippen LogP contribution in [0.25, 0.3) is 0 Å². The zero-order valence-electron chi connectivity index (χ0n) is 12.1. The van der Waals surface area contributed by atoms with Gasteiger partial charge in [0.2, 0.25) is 5.95 Å². The first-order valence-corrected chi connectivity index (χ1v) is 6.91. The lowest BCUT2D eigenvalue weighted by molar-refractivity contribution is 0.0992. The molecule has 0 saturated carbocycles. The van der Waals surface area contributed by atoms with Gasteiger partial charge in [-0.3, -0.25) is 0 Å². The van der Waals surface area contributed by atoms with Crippen LogP contribution < -0.4 is 11.1 Å². The highest BCUT2D eigenvalue weighted by atomic mass is 16.5. The first-order valence-electron chi connectivity index (χ1n) is 6.91. The molecule has 1 heterocycles.